The highest BCUT2D eigenvalue weighted by atomic mass is 15.2. The van der Waals surface area contributed by atoms with Crippen LogP contribution in [0.4, 0.5) is 0 Å². The second kappa shape index (κ2) is 4.45. The Kier molecular flexibility index (Phi) is 3.52. The molecule has 13 heavy (non-hydrogen) atoms. The third-order valence-electron chi connectivity index (χ3n) is 2.62. The van der Waals surface area contributed by atoms with Gasteiger partial charge in [-0.3, -0.25) is 4.68 Å². The van der Waals surface area contributed by atoms with Crippen molar-refractivity contribution in [1.29, 1.82) is 0 Å². The van der Waals surface area contributed by atoms with E-state index in [2.05, 4.69) is 32.1 Å². The number of hydrogen-bond donors (Lipinski definition) is 0. The van der Waals surface area contributed by atoms with E-state index in [1.54, 1.807) is 0 Å². The van der Waals surface area contributed by atoms with Gasteiger partial charge in [-0.25, -0.2) is 0 Å². The van der Waals surface area contributed by atoms with Gasteiger partial charge < -0.3 is 0 Å². The molecule has 74 valence electrons. The van der Waals surface area contributed by atoms with Gasteiger partial charge in [-0.1, -0.05) is 20.3 Å². The summed E-state index contributed by atoms with van der Waals surface area (Å²) in [5, 5.41) is 4.38. The van der Waals surface area contributed by atoms with E-state index in [1.807, 2.05) is 11.7 Å². The van der Waals surface area contributed by atoms with E-state index in [4.69, 9.17) is 0 Å². The van der Waals surface area contributed by atoms with Crippen molar-refractivity contribution >= 4 is 0 Å². The lowest BCUT2D eigenvalue weighted by Crippen LogP contribution is -1.97. The van der Waals surface area contributed by atoms with E-state index in [-0.39, 0.29) is 0 Å². The molecular weight excluding hydrogens is 160 g/mol. The molecule has 0 saturated heterocycles. The molecule has 0 amide bonds. The first-order valence-corrected chi connectivity index (χ1v) is 5.19. The highest BCUT2D eigenvalue weighted by molar-refractivity contribution is 5.20. The summed E-state index contributed by atoms with van der Waals surface area (Å²) in [4.78, 5) is 0. The van der Waals surface area contributed by atoms with Gasteiger partial charge in [0.15, 0.2) is 0 Å². The van der Waals surface area contributed by atoms with Crippen molar-refractivity contribution in [2.75, 3.05) is 0 Å². The summed E-state index contributed by atoms with van der Waals surface area (Å²) in [6.45, 7) is 6.61. The second-order valence-electron chi connectivity index (χ2n) is 3.74. The molecular formula is C11H20N2. The first-order valence-electron chi connectivity index (χ1n) is 5.19. The van der Waals surface area contributed by atoms with E-state index in [1.165, 1.54) is 30.5 Å². The van der Waals surface area contributed by atoms with Gasteiger partial charge in [0.25, 0.3) is 0 Å². The Morgan fingerprint density at radius 1 is 1.46 bits per heavy atom. The quantitative estimate of drug-likeness (QED) is 0.696. The van der Waals surface area contributed by atoms with Crippen molar-refractivity contribution in [2.45, 2.75) is 46.0 Å². The van der Waals surface area contributed by atoms with Gasteiger partial charge in [0.2, 0.25) is 0 Å². The smallest absolute Gasteiger partial charge is 0.0628 e. The van der Waals surface area contributed by atoms with Crippen molar-refractivity contribution in [3.63, 3.8) is 0 Å². The van der Waals surface area contributed by atoms with Crippen LogP contribution in [-0.4, -0.2) is 9.78 Å². The molecule has 0 aliphatic carbocycles. The fraction of sp³-hybridized carbons (Fsp3) is 0.727. The summed E-state index contributed by atoms with van der Waals surface area (Å²) in [5.74, 6) is 0.707. The van der Waals surface area contributed by atoms with Crippen LogP contribution in [0.2, 0.25) is 0 Å². The molecule has 0 fully saturated rings. The number of aryl methyl sites for hydroxylation is 2. The first kappa shape index (κ1) is 10.3. The molecule has 0 aliphatic rings. The van der Waals surface area contributed by atoms with E-state index >= 15 is 0 Å². The minimum Gasteiger partial charge on any atom is -0.275 e. The fourth-order valence-corrected chi connectivity index (χ4v) is 1.95. The summed E-state index contributed by atoms with van der Waals surface area (Å²) in [6.07, 6.45) is 5.93. The second-order valence-corrected chi connectivity index (χ2v) is 3.74. The number of nitrogens with zero attached hydrogens (tertiary/aromatic N) is 2. The van der Waals surface area contributed by atoms with Crippen molar-refractivity contribution in [2.24, 2.45) is 7.05 Å². The zero-order chi connectivity index (χ0) is 9.84. The lowest BCUT2D eigenvalue weighted by molar-refractivity contribution is 0.593. The molecule has 1 atom stereocenters. The molecule has 1 unspecified atom stereocenters. The number of rotatable bonds is 4. The zero-order valence-corrected chi connectivity index (χ0v) is 9.17. The largest absolute Gasteiger partial charge is 0.275 e. The number of hydrogen-bond acceptors (Lipinski definition) is 1. The van der Waals surface area contributed by atoms with Crippen LogP contribution >= 0.6 is 0 Å². The maximum absolute atomic E-state index is 4.38. The van der Waals surface area contributed by atoms with Crippen LogP contribution < -0.4 is 0 Å². The summed E-state index contributed by atoms with van der Waals surface area (Å²) in [6, 6.07) is 0. The Hall–Kier alpha value is -0.790. The average molecular weight is 180 g/mol. The molecule has 1 rings (SSSR count). The lowest BCUT2D eigenvalue weighted by Gasteiger charge is -2.12. The third-order valence-corrected chi connectivity index (χ3v) is 2.62. The minimum absolute atomic E-state index is 0.707. The molecule has 0 saturated carbocycles. The Balaban J connectivity index is 2.83. The van der Waals surface area contributed by atoms with E-state index in [0.717, 1.165) is 0 Å². The van der Waals surface area contributed by atoms with Crippen molar-refractivity contribution < 1.29 is 0 Å². The predicted molar refractivity (Wildman–Crippen MR) is 55.9 cm³/mol. The van der Waals surface area contributed by atoms with Gasteiger partial charge in [0, 0.05) is 13.2 Å². The Labute approximate surface area is 81.0 Å². The van der Waals surface area contributed by atoms with Gasteiger partial charge in [0.05, 0.1) is 5.69 Å². The molecule has 0 radical (unpaired) electrons. The highest BCUT2D eigenvalue weighted by Gasteiger charge is 2.13. The zero-order valence-electron chi connectivity index (χ0n) is 9.17. The van der Waals surface area contributed by atoms with Crippen molar-refractivity contribution in [3.05, 3.63) is 17.5 Å². The maximum Gasteiger partial charge on any atom is 0.0628 e. The monoisotopic (exact) mass is 180 g/mol. The predicted octanol–water partition coefficient (Wildman–Crippen LogP) is 3.02. The molecule has 0 aromatic carbocycles. The average Bonchev–Trinajstić information content (AvgIpc) is 2.41. The van der Waals surface area contributed by atoms with E-state index in [0.29, 0.717) is 5.92 Å². The van der Waals surface area contributed by atoms with Crippen molar-refractivity contribution in [1.82, 2.24) is 9.78 Å². The van der Waals surface area contributed by atoms with Crippen LogP contribution in [0.1, 0.15) is 50.3 Å². The van der Waals surface area contributed by atoms with Crippen LogP contribution in [0.15, 0.2) is 6.20 Å². The van der Waals surface area contributed by atoms with Gasteiger partial charge in [0.1, 0.15) is 0 Å². The van der Waals surface area contributed by atoms with Gasteiger partial charge in [-0.05, 0) is 31.2 Å². The van der Waals surface area contributed by atoms with Crippen LogP contribution in [0.3, 0.4) is 0 Å². The van der Waals surface area contributed by atoms with Crippen LogP contribution in [0.25, 0.3) is 0 Å². The van der Waals surface area contributed by atoms with Crippen molar-refractivity contribution in [3.8, 4) is 0 Å². The molecule has 2 heteroatoms. The Morgan fingerprint density at radius 3 is 2.54 bits per heavy atom. The molecule has 0 spiro atoms. The van der Waals surface area contributed by atoms with Crippen LogP contribution in [-0.2, 0) is 7.05 Å². The molecule has 1 aromatic rings. The summed E-state index contributed by atoms with van der Waals surface area (Å²) in [5.41, 5.74) is 2.63. The molecule has 1 heterocycles. The SMILES string of the molecule is CCCC(CC)c1cn(C)nc1C. The van der Waals surface area contributed by atoms with E-state index in [9.17, 15) is 0 Å². The molecule has 0 bridgehead atoms. The maximum atomic E-state index is 4.38. The topological polar surface area (TPSA) is 17.8 Å². The molecule has 1 aromatic heterocycles. The van der Waals surface area contributed by atoms with Crippen LogP contribution in [0, 0.1) is 6.92 Å². The molecule has 0 N–H and O–H groups in total. The van der Waals surface area contributed by atoms with Crippen LogP contribution in [0.5, 0.6) is 0 Å². The first-order chi connectivity index (χ1) is 6.19. The summed E-state index contributed by atoms with van der Waals surface area (Å²) in [7, 11) is 2.00. The van der Waals surface area contributed by atoms with Gasteiger partial charge in [-0.2, -0.15) is 5.10 Å². The summed E-state index contributed by atoms with van der Waals surface area (Å²) >= 11 is 0. The number of aromatic nitrogens is 2. The lowest BCUT2D eigenvalue weighted by atomic mass is 9.93. The standard InChI is InChI=1S/C11H20N2/c1-5-7-10(6-2)11-8-13(4)12-9(11)3/h8,10H,5-7H2,1-4H3. The Bertz CT molecular complexity index is 263. The highest BCUT2D eigenvalue weighted by Crippen LogP contribution is 2.26. The summed E-state index contributed by atoms with van der Waals surface area (Å²) < 4.78 is 1.92. The van der Waals surface area contributed by atoms with E-state index < -0.39 is 0 Å². The van der Waals surface area contributed by atoms with Gasteiger partial charge >= 0.3 is 0 Å². The third kappa shape index (κ3) is 2.33. The van der Waals surface area contributed by atoms with Gasteiger partial charge in [-0.15, -0.1) is 0 Å². The normalized spacial score (nSPS) is 13.2. The molecule has 2 nitrogen and oxygen atoms in total. The Morgan fingerprint density at radius 2 is 2.15 bits per heavy atom. The minimum atomic E-state index is 0.707. The molecule has 0 aliphatic heterocycles. The fourth-order valence-electron chi connectivity index (χ4n) is 1.95.